The lowest BCUT2D eigenvalue weighted by Crippen LogP contribution is -2.37. The van der Waals surface area contributed by atoms with Gasteiger partial charge < -0.3 is 4.98 Å². The lowest BCUT2D eigenvalue weighted by molar-refractivity contribution is 0.403. The molecule has 0 bridgehead atoms. The van der Waals surface area contributed by atoms with E-state index in [2.05, 4.69) is 9.97 Å². The number of nitrogens with one attached hydrogen (secondary N) is 1. The second kappa shape index (κ2) is 7.34. The van der Waals surface area contributed by atoms with Gasteiger partial charge in [0.2, 0.25) is 10.0 Å². The fourth-order valence-corrected chi connectivity index (χ4v) is 6.82. The summed E-state index contributed by atoms with van der Waals surface area (Å²) >= 11 is 0. The molecule has 10 heteroatoms. The Morgan fingerprint density at radius 2 is 1.44 bits per heavy atom. The van der Waals surface area contributed by atoms with Crippen molar-refractivity contribution in [2.75, 3.05) is 26.2 Å². The summed E-state index contributed by atoms with van der Waals surface area (Å²) in [7, 11) is -7.40. The van der Waals surface area contributed by atoms with E-state index in [4.69, 9.17) is 0 Å². The zero-order chi connectivity index (χ0) is 19.8. The maximum atomic E-state index is 13.2. The third kappa shape index (κ3) is 3.79. The molecule has 0 saturated carbocycles. The zero-order valence-electron chi connectivity index (χ0n) is 15.6. The molecule has 1 aromatic carbocycles. The van der Waals surface area contributed by atoms with Gasteiger partial charge in [0.25, 0.3) is 10.0 Å². The summed E-state index contributed by atoms with van der Waals surface area (Å²) in [4.78, 5) is 6.69. The molecule has 1 fully saturated rings. The monoisotopic (exact) mass is 412 g/mol. The molecule has 1 saturated heterocycles. The van der Waals surface area contributed by atoms with Gasteiger partial charge in [0.15, 0.2) is 5.03 Å². The van der Waals surface area contributed by atoms with E-state index in [0.717, 1.165) is 5.56 Å². The van der Waals surface area contributed by atoms with Crippen molar-refractivity contribution in [3.8, 4) is 0 Å². The summed E-state index contributed by atoms with van der Waals surface area (Å²) in [5.74, 6) is 0. The van der Waals surface area contributed by atoms with E-state index in [9.17, 15) is 16.8 Å². The molecule has 0 atom stereocenters. The molecule has 27 heavy (non-hydrogen) atoms. The van der Waals surface area contributed by atoms with E-state index >= 15 is 0 Å². The van der Waals surface area contributed by atoms with Crippen LogP contribution in [-0.2, 0) is 20.0 Å². The molecule has 8 nitrogen and oxygen atoms in total. The minimum absolute atomic E-state index is 0.0176. The van der Waals surface area contributed by atoms with Gasteiger partial charge in [-0.15, -0.1) is 0 Å². The molecule has 0 unspecified atom stereocenters. The number of hydrogen-bond acceptors (Lipinski definition) is 5. The van der Waals surface area contributed by atoms with Crippen LogP contribution in [0.25, 0.3) is 0 Å². The Hall–Kier alpha value is -1.75. The predicted octanol–water partition coefficient (Wildman–Crippen LogP) is 1.42. The molecule has 0 amide bonds. The molecular formula is C17H24N4O4S2. The normalized spacial score (nSPS) is 17.7. The average Bonchev–Trinajstić information content (AvgIpc) is 2.98. The number of nitrogens with zero attached hydrogens (tertiary/aromatic N) is 3. The predicted molar refractivity (Wildman–Crippen MR) is 101 cm³/mol. The average molecular weight is 413 g/mol. The summed E-state index contributed by atoms with van der Waals surface area (Å²) in [6.07, 6.45) is 2.99. The van der Waals surface area contributed by atoms with E-state index < -0.39 is 20.0 Å². The number of aryl methyl sites for hydroxylation is 3. The van der Waals surface area contributed by atoms with Crippen molar-refractivity contribution in [2.45, 2.75) is 37.1 Å². The standard InChI is InChI=1S/C17H24N4O4S2/c1-13-9-14(2)17(15(3)10-13)27(24,25)21-6-4-5-20(7-8-21)26(22,23)16-11-18-12-19-16/h9-12H,4-8H2,1-3H3,(H,18,19). The zero-order valence-corrected chi connectivity index (χ0v) is 17.3. The highest BCUT2D eigenvalue weighted by atomic mass is 32.2. The smallest absolute Gasteiger partial charge is 0.260 e. The Morgan fingerprint density at radius 1 is 0.889 bits per heavy atom. The highest BCUT2D eigenvalue weighted by molar-refractivity contribution is 7.89. The quantitative estimate of drug-likeness (QED) is 0.818. The molecular weight excluding hydrogens is 388 g/mol. The Morgan fingerprint density at radius 3 is 1.96 bits per heavy atom. The Bertz CT molecular complexity index is 1010. The Balaban J connectivity index is 1.86. The van der Waals surface area contributed by atoms with Crippen LogP contribution in [0, 0.1) is 20.8 Å². The highest BCUT2D eigenvalue weighted by Crippen LogP contribution is 2.26. The number of hydrogen-bond donors (Lipinski definition) is 1. The molecule has 0 radical (unpaired) electrons. The second-order valence-corrected chi connectivity index (χ2v) is 10.6. The van der Waals surface area contributed by atoms with Crippen LogP contribution in [0.3, 0.4) is 0 Å². The lowest BCUT2D eigenvalue weighted by atomic mass is 10.1. The Kier molecular flexibility index (Phi) is 5.44. The van der Waals surface area contributed by atoms with Gasteiger partial charge in [-0.2, -0.15) is 8.61 Å². The summed E-state index contributed by atoms with van der Waals surface area (Å²) in [6.45, 7) is 6.27. The van der Waals surface area contributed by atoms with Crippen LogP contribution in [0.4, 0.5) is 0 Å². The third-order valence-electron chi connectivity index (χ3n) is 4.71. The molecule has 2 aromatic rings. The van der Waals surface area contributed by atoms with Crippen LogP contribution in [-0.4, -0.2) is 61.6 Å². The van der Waals surface area contributed by atoms with Gasteiger partial charge in [0, 0.05) is 26.2 Å². The molecule has 2 heterocycles. The number of aromatic amines is 1. The molecule has 3 rings (SSSR count). The van der Waals surface area contributed by atoms with E-state index in [1.807, 2.05) is 19.1 Å². The van der Waals surface area contributed by atoms with Crippen molar-refractivity contribution in [1.82, 2.24) is 18.6 Å². The first-order valence-electron chi connectivity index (χ1n) is 8.70. The number of aromatic nitrogens is 2. The highest BCUT2D eigenvalue weighted by Gasteiger charge is 2.33. The van der Waals surface area contributed by atoms with Crippen LogP contribution in [0.5, 0.6) is 0 Å². The van der Waals surface area contributed by atoms with Gasteiger partial charge in [0.05, 0.1) is 17.4 Å². The van der Waals surface area contributed by atoms with Crippen molar-refractivity contribution < 1.29 is 16.8 Å². The van der Waals surface area contributed by atoms with Gasteiger partial charge in [0.1, 0.15) is 0 Å². The van der Waals surface area contributed by atoms with E-state index in [1.54, 1.807) is 13.8 Å². The first-order chi connectivity index (χ1) is 12.6. The van der Waals surface area contributed by atoms with E-state index in [-0.39, 0.29) is 31.2 Å². The SMILES string of the molecule is Cc1cc(C)c(S(=O)(=O)N2CCCN(S(=O)(=O)c3cnc[nH]3)CC2)c(C)c1. The molecule has 1 aliphatic heterocycles. The second-order valence-electron chi connectivity index (χ2n) is 6.81. The number of benzene rings is 1. The molecule has 1 aliphatic rings. The molecule has 0 spiro atoms. The van der Waals surface area contributed by atoms with Crippen LogP contribution < -0.4 is 0 Å². The minimum atomic E-state index is -3.70. The van der Waals surface area contributed by atoms with Crippen LogP contribution in [0.1, 0.15) is 23.1 Å². The van der Waals surface area contributed by atoms with Crippen molar-refractivity contribution >= 4 is 20.0 Å². The number of imidazole rings is 1. The van der Waals surface area contributed by atoms with Crippen molar-refractivity contribution in [3.05, 3.63) is 41.3 Å². The third-order valence-corrected chi connectivity index (χ3v) is 8.74. The van der Waals surface area contributed by atoms with Crippen LogP contribution in [0.15, 0.2) is 34.6 Å². The van der Waals surface area contributed by atoms with Crippen molar-refractivity contribution in [1.29, 1.82) is 0 Å². The lowest BCUT2D eigenvalue weighted by Gasteiger charge is -2.23. The van der Waals surface area contributed by atoms with Gasteiger partial charge in [-0.05, 0) is 38.3 Å². The van der Waals surface area contributed by atoms with Crippen LogP contribution in [0.2, 0.25) is 0 Å². The van der Waals surface area contributed by atoms with Crippen molar-refractivity contribution in [2.24, 2.45) is 0 Å². The number of sulfonamides is 2. The van der Waals surface area contributed by atoms with E-state index in [0.29, 0.717) is 22.4 Å². The molecule has 1 aromatic heterocycles. The van der Waals surface area contributed by atoms with Gasteiger partial charge in [-0.25, -0.2) is 21.8 Å². The fourth-order valence-electron chi connectivity index (χ4n) is 3.58. The number of rotatable bonds is 4. The van der Waals surface area contributed by atoms with Gasteiger partial charge in [-0.1, -0.05) is 17.7 Å². The maximum Gasteiger partial charge on any atom is 0.260 e. The largest absolute Gasteiger partial charge is 0.335 e. The van der Waals surface area contributed by atoms with E-state index in [1.165, 1.54) is 21.1 Å². The summed E-state index contributed by atoms with van der Waals surface area (Å²) in [6, 6.07) is 3.71. The van der Waals surface area contributed by atoms with Gasteiger partial charge >= 0.3 is 0 Å². The Labute approximate surface area is 160 Å². The summed E-state index contributed by atoms with van der Waals surface area (Å²) < 4.78 is 54.5. The van der Waals surface area contributed by atoms with Gasteiger partial charge in [-0.3, -0.25) is 0 Å². The number of H-pyrrole nitrogens is 1. The molecule has 1 N–H and O–H groups in total. The minimum Gasteiger partial charge on any atom is -0.335 e. The topological polar surface area (TPSA) is 103 Å². The molecule has 148 valence electrons. The molecule has 0 aliphatic carbocycles. The maximum absolute atomic E-state index is 13.2. The van der Waals surface area contributed by atoms with Crippen molar-refractivity contribution in [3.63, 3.8) is 0 Å². The summed E-state index contributed by atoms with van der Waals surface area (Å²) in [5, 5.41) is 0.0176. The van der Waals surface area contributed by atoms with Crippen LogP contribution >= 0.6 is 0 Å². The summed E-state index contributed by atoms with van der Waals surface area (Å²) in [5.41, 5.74) is 2.43. The first-order valence-corrected chi connectivity index (χ1v) is 11.6. The first kappa shape index (κ1) is 20.0. The fraction of sp³-hybridized carbons (Fsp3) is 0.471.